The molecule has 1 atom stereocenters. The molecule has 2 aromatic carbocycles. The van der Waals surface area contributed by atoms with Crippen LogP contribution >= 0.6 is 11.6 Å². The highest BCUT2D eigenvalue weighted by atomic mass is 35.5. The Labute approximate surface area is 169 Å². The number of carbonyl (C=O) groups excluding carboxylic acids is 1. The van der Waals surface area contributed by atoms with E-state index in [1.54, 1.807) is 17.0 Å². The lowest BCUT2D eigenvalue weighted by Gasteiger charge is -2.26. The summed E-state index contributed by atoms with van der Waals surface area (Å²) in [5, 5.41) is 4.75. The van der Waals surface area contributed by atoms with E-state index in [9.17, 15) is 9.18 Å². The van der Waals surface area contributed by atoms with Gasteiger partial charge in [-0.15, -0.1) is 0 Å². The number of amides is 1. The molecular weight excluding hydrogens is 379 g/mol. The number of hydrogen-bond acceptors (Lipinski definition) is 3. The van der Waals surface area contributed by atoms with Crippen molar-refractivity contribution in [1.82, 2.24) is 4.90 Å². The van der Waals surface area contributed by atoms with Crippen LogP contribution in [0.3, 0.4) is 0 Å². The van der Waals surface area contributed by atoms with Crippen LogP contribution in [0.5, 0.6) is 0 Å². The fraction of sp³-hybridized carbons (Fsp3) is 0.364. The molecule has 3 rings (SSSR count). The maximum Gasteiger partial charge on any atom is 0.223 e. The molecule has 0 fully saturated rings. The van der Waals surface area contributed by atoms with Crippen molar-refractivity contribution in [3.8, 4) is 0 Å². The van der Waals surface area contributed by atoms with Gasteiger partial charge in [0, 0.05) is 30.0 Å². The van der Waals surface area contributed by atoms with Crippen molar-refractivity contribution in [2.24, 2.45) is 11.1 Å². The average molecular weight is 403 g/mol. The first-order valence-corrected chi connectivity index (χ1v) is 9.80. The molecule has 6 heteroatoms. The molecule has 0 aliphatic carbocycles. The summed E-state index contributed by atoms with van der Waals surface area (Å²) in [6.07, 6.45) is 0.712. The van der Waals surface area contributed by atoms with E-state index in [0.717, 1.165) is 5.56 Å². The zero-order valence-electron chi connectivity index (χ0n) is 16.1. The Morgan fingerprint density at radius 2 is 2.07 bits per heavy atom. The smallest absolute Gasteiger partial charge is 0.223 e. The van der Waals surface area contributed by atoms with Gasteiger partial charge in [0.1, 0.15) is 5.82 Å². The lowest BCUT2D eigenvalue weighted by Crippen LogP contribution is -2.37. The number of oxime groups is 1. The van der Waals surface area contributed by atoms with Crippen LogP contribution < -0.4 is 0 Å². The van der Waals surface area contributed by atoms with Gasteiger partial charge in [0.25, 0.3) is 0 Å². The van der Waals surface area contributed by atoms with Gasteiger partial charge in [-0.3, -0.25) is 4.79 Å². The van der Waals surface area contributed by atoms with Gasteiger partial charge in [-0.2, -0.15) is 0 Å². The normalized spacial score (nSPS) is 16.0. The van der Waals surface area contributed by atoms with Crippen molar-refractivity contribution in [2.75, 3.05) is 6.54 Å². The summed E-state index contributed by atoms with van der Waals surface area (Å²) in [6, 6.07) is 13.8. The Hall–Kier alpha value is -2.40. The highest BCUT2D eigenvalue weighted by Gasteiger charge is 2.27. The van der Waals surface area contributed by atoms with E-state index in [1.807, 2.05) is 38.1 Å². The number of rotatable bonds is 7. The van der Waals surface area contributed by atoms with Crippen molar-refractivity contribution in [1.29, 1.82) is 0 Å². The second-order valence-corrected chi connectivity index (χ2v) is 7.85. The van der Waals surface area contributed by atoms with Gasteiger partial charge in [-0.25, -0.2) is 4.39 Å². The van der Waals surface area contributed by atoms with E-state index in [1.165, 1.54) is 12.1 Å². The first-order chi connectivity index (χ1) is 13.4. The largest absolute Gasteiger partial charge is 0.390 e. The number of nitrogens with zero attached hydrogens (tertiary/aromatic N) is 2. The Balaban J connectivity index is 1.69. The SMILES string of the molecule is CC(C)CC(=O)N(Cc1ccccc1Cl)C[C@H]1CC(c2cccc(F)c2)=NO1. The summed E-state index contributed by atoms with van der Waals surface area (Å²) in [5.74, 6) is -0.00122. The molecule has 1 aliphatic rings. The molecule has 1 aliphatic heterocycles. The third-order valence-corrected chi connectivity index (χ3v) is 4.94. The average Bonchev–Trinajstić information content (AvgIpc) is 3.11. The zero-order valence-corrected chi connectivity index (χ0v) is 16.8. The predicted octanol–water partition coefficient (Wildman–Crippen LogP) is 5.05. The van der Waals surface area contributed by atoms with Gasteiger partial charge in [0.05, 0.1) is 12.3 Å². The second-order valence-electron chi connectivity index (χ2n) is 7.44. The van der Waals surface area contributed by atoms with Crippen LogP contribution in [0.15, 0.2) is 53.7 Å². The second kappa shape index (κ2) is 9.20. The fourth-order valence-corrected chi connectivity index (χ4v) is 3.37. The monoisotopic (exact) mass is 402 g/mol. The van der Waals surface area contributed by atoms with Crippen LogP contribution in [-0.2, 0) is 16.2 Å². The maximum atomic E-state index is 13.5. The van der Waals surface area contributed by atoms with Crippen LogP contribution in [-0.4, -0.2) is 29.2 Å². The van der Waals surface area contributed by atoms with E-state index in [2.05, 4.69) is 5.16 Å². The molecule has 4 nitrogen and oxygen atoms in total. The summed E-state index contributed by atoms with van der Waals surface area (Å²) in [5.41, 5.74) is 2.29. The molecule has 0 saturated heterocycles. The fourth-order valence-electron chi connectivity index (χ4n) is 3.18. The van der Waals surface area contributed by atoms with Gasteiger partial charge in [-0.1, -0.05) is 60.9 Å². The molecule has 0 unspecified atom stereocenters. The third-order valence-electron chi connectivity index (χ3n) is 4.57. The van der Waals surface area contributed by atoms with E-state index < -0.39 is 0 Å². The standard InChI is InChI=1S/C22H24ClFN2O2/c1-15(2)10-22(27)26(13-17-6-3-4-9-20(17)23)14-19-12-21(25-28-19)16-7-5-8-18(24)11-16/h3-9,11,15,19H,10,12-14H2,1-2H3/t19-/m1/s1. The van der Waals surface area contributed by atoms with Crippen molar-refractivity contribution >= 4 is 23.2 Å². The molecule has 1 heterocycles. The first kappa shape index (κ1) is 20.3. The van der Waals surface area contributed by atoms with Gasteiger partial charge < -0.3 is 9.74 Å². The number of benzene rings is 2. The minimum atomic E-state index is -0.309. The lowest BCUT2D eigenvalue weighted by molar-refractivity contribution is -0.134. The van der Waals surface area contributed by atoms with E-state index >= 15 is 0 Å². The van der Waals surface area contributed by atoms with Gasteiger partial charge in [0.2, 0.25) is 5.91 Å². The Morgan fingerprint density at radius 3 is 2.79 bits per heavy atom. The maximum absolute atomic E-state index is 13.5. The molecule has 0 aromatic heterocycles. The summed E-state index contributed by atoms with van der Waals surface area (Å²) in [6.45, 7) is 4.85. The minimum Gasteiger partial charge on any atom is -0.390 e. The molecule has 148 valence electrons. The Morgan fingerprint density at radius 1 is 1.29 bits per heavy atom. The van der Waals surface area contributed by atoms with Crippen LogP contribution in [0.25, 0.3) is 0 Å². The van der Waals surface area contributed by atoms with Crippen LogP contribution in [0.1, 0.15) is 37.8 Å². The highest BCUT2D eigenvalue weighted by Crippen LogP contribution is 2.22. The van der Waals surface area contributed by atoms with Crippen LogP contribution in [0, 0.1) is 11.7 Å². The molecule has 0 saturated carbocycles. The van der Waals surface area contributed by atoms with E-state index in [0.29, 0.717) is 42.2 Å². The molecule has 28 heavy (non-hydrogen) atoms. The number of hydrogen-bond donors (Lipinski definition) is 0. The van der Waals surface area contributed by atoms with Crippen molar-refractivity contribution in [2.45, 2.75) is 39.3 Å². The summed E-state index contributed by atoms with van der Waals surface area (Å²) >= 11 is 6.29. The lowest BCUT2D eigenvalue weighted by atomic mass is 10.0. The minimum absolute atomic E-state index is 0.0534. The van der Waals surface area contributed by atoms with Crippen LogP contribution in [0.2, 0.25) is 5.02 Å². The molecule has 0 N–H and O–H groups in total. The molecule has 2 aromatic rings. The molecule has 1 amide bonds. The quantitative estimate of drug-likeness (QED) is 0.650. The van der Waals surface area contributed by atoms with E-state index in [4.69, 9.17) is 16.4 Å². The zero-order chi connectivity index (χ0) is 20.1. The Bertz CT molecular complexity index is 869. The number of carbonyl (C=O) groups is 1. The van der Waals surface area contributed by atoms with Gasteiger partial charge in [-0.05, 0) is 29.7 Å². The molecule has 0 radical (unpaired) electrons. The van der Waals surface area contributed by atoms with E-state index in [-0.39, 0.29) is 23.7 Å². The molecular formula is C22H24ClFN2O2. The third kappa shape index (κ3) is 5.32. The molecule has 0 bridgehead atoms. The Kier molecular flexibility index (Phi) is 6.68. The number of halogens is 2. The first-order valence-electron chi connectivity index (χ1n) is 9.42. The van der Waals surface area contributed by atoms with Crippen molar-refractivity contribution in [3.05, 3.63) is 70.5 Å². The molecule has 0 spiro atoms. The topological polar surface area (TPSA) is 41.9 Å². The van der Waals surface area contributed by atoms with Crippen molar-refractivity contribution in [3.63, 3.8) is 0 Å². The highest BCUT2D eigenvalue weighted by molar-refractivity contribution is 6.31. The summed E-state index contributed by atoms with van der Waals surface area (Å²) < 4.78 is 13.5. The van der Waals surface area contributed by atoms with Gasteiger partial charge >= 0.3 is 0 Å². The predicted molar refractivity (Wildman–Crippen MR) is 109 cm³/mol. The summed E-state index contributed by atoms with van der Waals surface area (Å²) in [4.78, 5) is 20.1. The van der Waals surface area contributed by atoms with Gasteiger partial charge in [0.15, 0.2) is 6.10 Å². The van der Waals surface area contributed by atoms with Crippen LogP contribution in [0.4, 0.5) is 4.39 Å². The van der Waals surface area contributed by atoms with Crippen molar-refractivity contribution < 1.29 is 14.0 Å². The summed E-state index contributed by atoms with van der Waals surface area (Å²) in [7, 11) is 0.